The third-order valence-corrected chi connectivity index (χ3v) is 5.40. The van der Waals surface area contributed by atoms with Crippen LogP contribution in [0.4, 0.5) is 5.69 Å². The summed E-state index contributed by atoms with van der Waals surface area (Å²) in [5, 5.41) is 11.4. The van der Waals surface area contributed by atoms with E-state index in [-0.39, 0.29) is 6.54 Å². The number of benzene rings is 2. The SMILES string of the molecule is CN1CCc2cc(C(O)CNS(=O)(=O)C=Cc3ccccc3)ccc21. The normalized spacial score (nSPS) is 15.5. The number of sulfonamides is 1. The molecule has 6 heteroatoms. The molecular weight excluding hydrogens is 336 g/mol. The minimum Gasteiger partial charge on any atom is -0.387 e. The maximum atomic E-state index is 12.1. The summed E-state index contributed by atoms with van der Waals surface area (Å²) in [6.45, 7) is 0.905. The van der Waals surface area contributed by atoms with Gasteiger partial charge in [-0.2, -0.15) is 0 Å². The lowest BCUT2D eigenvalue weighted by molar-refractivity contribution is 0.182. The van der Waals surface area contributed by atoms with Gasteiger partial charge in [-0.25, -0.2) is 13.1 Å². The van der Waals surface area contributed by atoms with Crippen LogP contribution in [-0.2, 0) is 16.4 Å². The fourth-order valence-corrected chi connectivity index (χ4v) is 3.71. The first-order valence-corrected chi connectivity index (χ1v) is 9.74. The quantitative estimate of drug-likeness (QED) is 0.831. The zero-order valence-corrected chi connectivity index (χ0v) is 14.9. The molecule has 0 aliphatic carbocycles. The first-order valence-electron chi connectivity index (χ1n) is 8.19. The van der Waals surface area contributed by atoms with Crippen molar-refractivity contribution in [2.24, 2.45) is 0 Å². The van der Waals surface area contributed by atoms with Crippen molar-refractivity contribution < 1.29 is 13.5 Å². The van der Waals surface area contributed by atoms with Gasteiger partial charge in [-0.1, -0.05) is 42.5 Å². The third-order valence-electron chi connectivity index (χ3n) is 4.33. The van der Waals surface area contributed by atoms with Crippen molar-refractivity contribution in [2.75, 3.05) is 25.0 Å². The van der Waals surface area contributed by atoms with Crippen LogP contribution in [0.15, 0.2) is 53.9 Å². The molecule has 25 heavy (non-hydrogen) atoms. The van der Waals surface area contributed by atoms with Gasteiger partial charge in [0.1, 0.15) is 0 Å². The molecule has 1 unspecified atom stereocenters. The van der Waals surface area contributed by atoms with Crippen molar-refractivity contribution in [3.8, 4) is 0 Å². The first kappa shape index (κ1) is 17.7. The number of nitrogens with one attached hydrogen (secondary N) is 1. The molecule has 2 aromatic rings. The maximum Gasteiger partial charge on any atom is 0.233 e. The zero-order valence-electron chi connectivity index (χ0n) is 14.1. The molecule has 2 N–H and O–H groups in total. The van der Waals surface area contributed by atoms with E-state index in [2.05, 4.69) is 9.62 Å². The topological polar surface area (TPSA) is 69.6 Å². The number of nitrogens with zero attached hydrogens (tertiary/aromatic N) is 1. The summed E-state index contributed by atoms with van der Waals surface area (Å²) >= 11 is 0. The fourth-order valence-electron chi connectivity index (χ4n) is 2.89. The Kier molecular flexibility index (Phi) is 5.22. The molecule has 0 saturated carbocycles. The Morgan fingerprint density at radius 2 is 2.00 bits per heavy atom. The summed E-state index contributed by atoms with van der Waals surface area (Å²) in [6.07, 6.45) is 1.59. The summed E-state index contributed by atoms with van der Waals surface area (Å²) in [5.74, 6) is 0. The maximum absolute atomic E-state index is 12.1. The molecule has 1 aliphatic heterocycles. The van der Waals surface area contributed by atoms with Gasteiger partial charge in [-0.3, -0.25) is 0 Å². The van der Waals surface area contributed by atoms with Crippen LogP contribution in [0.1, 0.15) is 22.8 Å². The van der Waals surface area contributed by atoms with Gasteiger partial charge in [0.25, 0.3) is 0 Å². The molecule has 5 nitrogen and oxygen atoms in total. The molecule has 0 spiro atoms. The van der Waals surface area contributed by atoms with Gasteiger partial charge in [0.2, 0.25) is 10.0 Å². The minimum absolute atomic E-state index is 0.0594. The number of aliphatic hydroxyl groups excluding tert-OH is 1. The highest BCUT2D eigenvalue weighted by molar-refractivity contribution is 7.92. The van der Waals surface area contributed by atoms with Crippen molar-refractivity contribution in [1.82, 2.24) is 4.72 Å². The Morgan fingerprint density at radius 3 is 2.76 bits per heavy atom. The molecule has 2 aromatic carbocycles. The lowest BCUT2D eigenvalue weighted by Crippen LogP contribution is -2.26. The summed E-state index contributed by atoms with van der Waals surface area (Å²) in [6, 6.07) is 15.0. The number of hydrogen-bond donors (Lipinski definition) is 2. The smallest absolute Gasteiger partial charge is 0.233 e. The Hall–Kier alpha value is -2.15. The number of aliphatic hydroxyl groups is 1. The molecule has 0 aromatic heterocycles. The van der Waals surface area contributed by atoms with Gasteiger partial charge in [-0.15, -0.1) is 0 Å². The van der Waals surface area contributed by atoms with Crippen LogP contribution in [0.25, 0.3) is 6.08 Å². The number of likely N-dealkylation sites (N-methyl/N-ethyl adjacent to an activating group) is 1. The molecule has 1 atom stereocenters. The van der Waals surface area contributed by atoms with Crippen LogP contribution in [-0.4, -0.2) is 33.7 Å². The van der Waals surface area contributed by atoms with E-state index < -0.39 is 16.1 Å². The molecule has 0 fully saturated rings. The minimum atomic E-state index is -3.60. The van der Waals surface area contributed by atoms with Gasteiger partial charge in [0, 0.05) is 31.2 Å². The molecule has 132 valence electrons. The zero-order chi connectivity index (χ0) is 17.9. The van der Waals surface area contributed by atoms with Gasteiger partial charge in [0.05, 0.1) is 6.10 Å². The predicted molar refractivity (Wildman–Crippen MR) is 101 cm³/mol. The number of anilines is 1. The number of hydrogen-bond acceptors (Lipinski definition) is 4. The average Bonchev–Trinajstić information content (AvgIpc) is 2.99. The van der Waals surface area contributed by atoms with Crippen molar-refractivity contribution >= 4 is 21.8 Å². The van der Waals surface area contributed by atoms with E-state index in [1.807, 2.05) is 55.6 Å². The lowest BCUT2D eigenvalue weighted by atomic mass is 10.0. The van der Waals surface area contributed by atoms with Crippen molar-refractivity contribution in [2.45, 2.75) is 12.5 Å². The Labute approximate surface area is 148 Å². The molecular formula is C19H22N2O3S. The molecule has 0 amide bonds. The molecule has 0 saturated heterocycles. The number of fused-ring (bicyclic) bond motifs is 1. The van der Waals surface area contributed by atoms with Crippen LogP contribution >= 0.6 is 0 Å². The highest BCUT2D eigenvalue weighted by atomic mass is 32.2. The molecule has 3 rings (SSSR count). The second-order valence-corrected chi connectivity index (χ2v) is 7.83. The van der Waals surface area contributed by atoms with Crippen molar-refractivity contribution in [3.05, 3.63) is 70.6 Å². The summed E-state index contributed by atoms with van der Waals surface area (Å²) < 4.78 is 26.5. The van der Waals surface area contributed by atoms with E-state index in [9.17, 15) is 13.5 Å². The van der Waals surface area contributed by atoms with E-state index in [4.69, 9.17) is 0 Å². The molecule has 1 aliphatic rings. The van der Waals surface area contributed by atoms with Gasteiger partial charge >= 0.3 is 0 Å². The van der Waals surface area contributed by atoms with E-state index in [0.29, 0.717) is 0 Å². The predicted octanol–water partition coefficient (Wildman–Crippen LogP) is 2.30. The molecule has 0 bridgehead atoms. The van der Waals surface area contributed by atoms with Gasteiger partial charge < -0.3 is 10.0 Å². The van der Waals surface area contributed by atoms with E-state index in [1.165, 1.54) is 17.3 Å². The van der Waals surface area contributed by atoms with Gasteiger partial charge in [-0.05, 0) is 35.3 Å². The Morgan fingerprint density at radius 1 is 1.24 bits per heavy atom. The number of rotatable bonds is 6. The van der Waals surface area contributed by atoms with Crippen LogP contribution in [0.3, 0.4) is 0 Å². The lowest BCUT2D eigenvalue weighted by Gasteiger charge is -2.15. The van der Waals surface area contributed by atoms with Crippen LogP contribution in [0.5, 0.6) is 0 Å². The van der Waals surface area contributed by atoms with E-state index in [1.54, 1.807) is 0 Å². The fraction of sp³-hybridized carbons (Fsp3) is 0.263. The Bertz CT molecular complexity index is 863. The van der Waals surface area contributed by atoms with E-state index in [0.717, 1.165) is 29.5 Å². The van der Waals surface area contributed by atoms with Crippen LogP contribution in [0.2, 0.25) is 0 Å². The van der Waals surface area contributed by atoms with Crippen LogP contribution in [0, 0.1) is 0 Å². The van der Waals surface area contributed by atoms with Crippen LogP contribution < -0.4 is 9.62 Å². The first-order chi connectivity index (χ1) is 11.9. The van der Waals surface area contributed by atoms with Gasteiger partial charge in [0.15, 0.2) is 0 Å². The highest BCUT2D eigenvalue weighted by Crippen LogP contribution is 2.29. The largest absolute Gasteiger partial charge is 0.387 e. The van der Waals surface area contributed by atoms with Crippen molar-refractivity contribution in [1.29, 1.82) is 0 Å². The summed E-state index contributed by atoms with van der Waals surface area (Å²) in [5.41, 5.74) is 3.88. The highest BCUT2D eigenvalue weighted by Gasteiger charge is 2.18. The second-order valence-electron chi connectivity index (χ2n) is 6.18. The average molecular weight is 358 g/mol. The third kappa shape index (κ3) is 4.48. The molecule has 0 radical (unpaired) electrons. The Balaban J connectivity index is 1.62. The van der Waals surface area contributed by atoms with E-state index >= 15 is 0 Å². The second kappa shape index (κ2) is 7.39. The monoisotopic (exact) mass is 358 g/mol. The standard InChI is InChI=1S/C19H22N2O3S/c1-21-11-9-16-13-17(7-8-18(16)21)19(22)14-20-25(23,24)12-10-15-5-3-2-4-6-15/h2-8,10,12-13,19-20,22H,9,11,14H2,1H3. The summed E-state index contributed by atoms with van der Waals surface area (Å²) in [4.78, 5) is 2.17. The van der Waals surface area contributed by atoms with Crippen molar-refractivity contribution in [3.63, 3.8) is 0 Å². The molecule has 1 heterocycles. The summed E-state index contributed by atoms with van der Waals surface area (Å²) in [7, 11) is -1.57.